The minimum absolute atomic E-state index is 0.0329. The van der Waals surface area contributed by atoms with Crippen LogP contribution in [0.1, 0.15) is 24.9 Å². The van der Waals surface area contributed by atoms with Gasteiger partial charge in [0.15, 0.2) is 0 Å². The van der Waals surface area contributed by atoms with Crippen molar-refractivity contribution in [2.24, 2.45) is 5.73 Å². The fourth-order valence-corrected chi connectivity index (χ4v) is 0.998. The Kier molecular flexibility index (Phi) is 3.15. The van der Waals surface area contributed by atoms with Crippen molar-refractivity contribution in [2.45, 2.75) is 32.0 Å². The number of aromatic amines is 1. The van der Waals surface area contributed by atoms with Crippen LogP contribution in [0, 0.1) is 0 Å². The molecule has 0 amide bonds. The maximum absolute atomic E-state index is 12.1. The molecule has 1 rings (SSSR count). The number of nitrogens with one attached hydrogen (secondary N) is 1. The third kappa shape index (κ3) is 3.02. The Bertz CT molecular complexity index is 290. The number of hydrogen-bond acceptors (Lipinski definition) is 2. The highest BCUT2D eigenvalue weighted by Crippen LogP contribution is 2.27. The van der Waals surface area contributed by atoms with Crippen LogP contribution in [0.15, 0.2) is 6.20 Å². The third-order valence-electron chi connectivity index (χ3n) is 1.77. The van der Waals surface area contributed by atoms with Crippen LogP contribution in [0.2, 0.25) is 0 Å². The van der Waals surface area contributed by atoms with E-state index < -0.39 is 11.9 Å². The molecule has 1 aromatic heterocycles. The summed E-state index contributed by atoms with van der Waals surface area (Å²) < 4.78 is 36.3. The summed E-state index contributed by atoms with van der Waals surface area (Å²) in [5, 5.41) is 0. The lowest BCUT2D eigenvalue weighted by Crippen LogP contribution is -2.15. The highest BCUT2D eigenvalue weighted by atomic mass is 19.4. The zero-order valence-corrected chi connectivity index (χ0v) is 7.73. The molecule has 0 bridgehead atoms. The minimum atomic E-state index is -4.35. The number of halogens is 3. The number of hydrogen-bond donors (Lipinski definition) is 2. The van der Waals surface area contributed by atoms with E-state index in [0.717, 1.165) is 6.20 Å². The molecule has 3 N–H and O–H groups in total. The molecule has 0 saturated carbocycles. The van der Waals surface area contributed by atoms with E-state index in [0.29, 0.717) is 18.7 Å². The van der Waals surface area contributed by atoms with Crippen LogP contribution in [0.4, 0.5) is 13.2 Å². The Morgan fingerprint density at radius 3 is 2.64 bits per heavy atom. The van der Waals surface area contributed by atoms with Gasteiger partial charge in [-0.2, -0.15) is 13.2 Å². The van der Waals surface area contributed by atoms with E-state index in [9.17, 15) is 13.2 Å². The van der Waals surface area contributed by atoms with Gasteiger partial charge in [0.2, 0.25) is 0 Å². The molecule has 0 aliphatic carbocycles. The topological polar surface area (TPSA) is 54.7 Å². The average molecular weight is 207 g/mol. The monoisotopic (exact) mass is 207 g/mol. The van der Waals surface area contributed by atoms with E-state index >= 15 is 0 Å². The molecule has 14 heavy (non-hydrogen) atoms. The first-order chi connectivity index (χ1) is 6.39. The Balaban J connectivity index is 2.60. The maximum Gasteiger partial charge on any atom is 0.432 e. The summed E-state index contributed by atoms with van der Waals surface area (Å²) >= 11 is 0. The second-order valence-corrected chi connectivity index (χ2v) is 3.26. The fraction of sp³-hybridized carbons (Fsp3) is 0.625. The zero-order valence-electron chi connectivity index (χ0n) is 7.73. The lowest BCUT2D eigenvalue weighted by atomic mass is 10.2. The largest absolute Gasteiger partial charge is 0.432 e. The van der Waals surface area contributed by atoms with Gasteiger partial charge in [-0.05, 0) is 13.3 Å². The Labute approximate surface area is 79.5 Å². The molecule has 0 radical (unpaired) electrons. The lowest BCUT2D eigenvalue weighted by Gasteiger charge is -2.03. The summed E-state index contributed by atoms with van der Waals surface area (Å²) in [5.41, 5.74) is 4.66. The number of H-pyrrole nitrogens is 1. The summed E-state index contributed by atoms with van der Waals surface area (Å²) in [6, 6.07) is -0.0329. The van der Waals surface area contributed by atoms with Gasteiger partial charge in [-0.25, -0.2) is 4.98 Å². The van der Waals surface area contributed by atoms with Crippen LogP contribution >= 0.6 is 0 Å². The third-order valence-corrected chi connectivity index (χ3v) is 1.77. The van der Waals surface area contributed by atoms with Gasteiger partial charge in [0.1, 0.15) is 11.5 Å². The van der Waals surface area contributed by atoms with Gasteiger partial charge in [0.05, 0.1) is 6.20 Å². The van der Waals surface area contributed by atoms with E-state index in [1.165, 1.54) is 0 Å². The van der Waals surface area contributed by atoms with Crippen molar-refractivity contribution < 1.29 is 13.2 Å². The van der Waals surface area contributed by atoms with Gasteiger partial charge in [-0.1, -0.05) is 0 Å². The first-order valence-electron chi connectivity index (χ1n) is 4.26. The van der Waals surface area contributed by atoms with Gasteiger partial charge < -0.3 is 10.7 Å². The number of nitrogens with two attached hydrogens (primary N) is 1. The number of nitrogens with zero attached hydrogens (tertiary/aromatic N) is 1. The molecule has 6 heteroatoms. The van der Waals surface area contributed by atoms with Crippen molar-refractivity contribution in [3.8, 4) is 0 Å². The number of alkyl halides is 3. The molecule has 0 fully saturated rings. The van der Waals surface area contributed by atoms with Gasteiger partial charge in [0, 0.05) is 12.5 Å². The van der Waals surface area contributed by atoms with Crippen molar-refractivity contribution >= 4 is 0 Å². The van der Waals surface area contributed by atoms with Crippen molar-refractivity contribution in [3.05, 3.63) is 17.7 Å². The first kappa shape index (κ1) is 11.0. The summed E-state index contributed by atoms with van der Waals surface area (Å²) in [4.78, 5) is 5.84. The summed E-state index contributed by atoms with van der Waals surface area (Å²) in [6.07, 6.45) is -2.49. The number of aromatic nitrogens is 2. The quantitative estimate of drug-likeness (QED) is 0.792. The molecule has 0 aromatic carbocycles. The molecular formula is C8H12F3N3. The van der Waals surface area contributed by atoms with Crippen molar-refractivity contribution in [2.75, 3.05) is 0 Å². The van der Waals surface area contributed by atoms with E-state index in [2.05, 4.69) is 9.97 Å². The van der Waals surface area contributed by atoms with Crippen molar-refractivity contribution in [3.63, 3.8) is 0 Å². The SMILES string of the molecule is CC(N)CCc1ncc(C(F)(F)F)[nH]1. The van der Waals surface area contributed by atoms with Crippen molar-refractivity contribution in [1.82, 2.24) is 9.97 Å². The van der Waals surface area contributed by atoms with Crippen LogP contribution < -0.4 is 5.73 Å². The second kappa shape index (κ2) is 4.00. The lowest BCUT2D eigenvalue weighted by molar-refractivity contribution is -0.140. The van der Waals surface area contributed by atoms with Gasteiger partial charge in [-0.15, -0.1) is 0 Å². The van der Waals surface area contributed by atoms with Crippen LogP contribution in [-0.4, -0.2) is 16.0 Å². The molecule has 0 aliphatic rings. The normalized spacial score (nSPS) is 14.4. The standard InChI is InChI=1S/C8H12F3N3/c1-5(12)2-3-7-13-4-6(14-7)8(9,10)11/h4-5H,2-3,12H2,1H3,(H,13,14). The maximum atomic E-state index is 12.1. The average Bonchev–Trinajstić information content (AvgIpc) is 2.47. The molecule has 0 saturated heterocycles. The molecular weight excluding hydrogens is 195 g/mol. The van der Waals surface area contributed by atoms with E-state index in [4.69, 9.17) is 5.73 Å². The second-order valence-electron chi connectivity index (χ2n) is 3.26. The summed E-state index contributed by atoms with van der Waals surface area (Å²) in [5.74, 6) is 0.328. The van der Waals surface area contributed by atoms with E-state index in [-0.39, 0.29) is 6.04 Å². The highest BCUT2D eigenvalue weighted by Gasteiger charge is 2.32. The summed E-state index contributed by atoms with van der Waals surface area (Å²) in [6.45, 7) is 1.80. The molecule has 0 aliphatic heterocycles. The Morgan fingerprint density at radius 2 is 2.21 bits per heavy atom. The van der Waals surface area contributed by atoms with Crippen molar-refractivity contribution in [1.29, 1.82) is 0 Å². The fourth-order valence-electron chi connectivity index (χ4n) is 0.998. The number of rotatable bonds is 3. The molecule has 3 nitrogen and oxygen atoms in total. The van der Waals surface area contributed by atoms with Crippen LogP contribution in [0.25, 0.3) is 0 Å². The van der Waals surface area contributed by atoms with Crippen LogP contribution in [-0.2, 0) is 12.6 Å². The minimum Gasteiger partial charge on any atom is -0.338 e. The molecule has 0 spiro atoms. The zero-order chi connectivity index (χ0) is 10.8. The van der Waals surface area contributed by atoms with Gasteiger partial charge >= 0.3 is 6.18 Å². The number of aryl methyl sites for hydroxylation is 1. The molecule has 80 valence electrons. The molecule has 1 atom stereocenters. The van der Waals surface area contributed by atoms with Crippen LogP contribution in [0.3, 0.4) is 0 Å². The smallest absolute Gasteiger partial charge is 0.338 e. The first-order valence-corrected chi connectivity index (χ1v) is 4.26. The predicted octanol–water partition coefficient (Wildman–Crippen LogP) is 1.71. The Morgan fingerprint density at radius 1 is 1.57 bits per heavy atom. The summed E-state index contributed by atoms with van der Waals surface area (Å²) in [7, 11) is 0. The highest BCUT2D eigenvalue weighted by molar-refractivity contribution is 5.05. The Hall–Kier alpha value is -1.04. The van der Waals surface area contributed by atoms with Crippen LogP contribution in [0.5, 0.6) is 0 Å². The molecule has 1 heterocycles. The van der Waals surface area contributed by atoms with Gasteiger partial charge in [-0.3, -0.25) is 0 Å². The van der Waals surface area contributed by atoms with E-state index in [1.807, 2.05) is 0 Å². The predicted molar refractivity (Wildman–Crippen MR) is 45.6 cm³/mol. The number of imidazole rings is 1. The van der Waals surface area contributed by atoms with E-state index in [1.54, 1.807) is 6.92 Å². The molecule has 1 unspecified atom stereocenters. The molecule has 1 aromatic rings. The van der Waals surface area contributed by atoms with Gasteiger partial charge in [0.25, 0.3) is 0 Å².